The molecule has 20 heavy (non-hydrogen) atoms. The van der Waals surface area contributed by atoms with Gasteiger partial charge in [0.15, 0.2) is 0 Å². The number of carbonyl (C=O) groups excluding carboxylic acids is 1. The average Bonchev–Trinajstić information content (AvgIpc) is 2.44. The van der Waals surface area contributed by atoms with Crippen molar-refractivity contribution < 1.29 is 30.0 Å². The van der Waals surface area contributed by atoms with E-state index in [4.69, 9.17) is 14.9 Å². The first kappa shape index (κ1) is 19.3. The Morgan fingerprint density at radius 2 is 1.60 bits per heavy atom. The van der Waals surface area contributed by atoms with Crippen molar-refractivity contribution in [2.24, 2.45) is 0 Å². The Morgan fingerprint density at radius 1 is 1.00 bits per heavy atom. The van der Waals surface area contributed by atoms with Gasteiger partial charge >= 0.3 is 5.97 Å². The zero-order valence-electron chi connectivity index (χ0n) is 12.2. The predicted molar refractivity (Wildman–Crippen MR) is 74.1 cm³/mol. The van der Waals surface area contributed by atoms with Gasteiger partial charge in [0.05, 0.1) is 25.7 Å². The molecule has 0 saturated carbocycles. The molecule has 120 valence electrons. The summed E-state index contributed by atoms with van der Waals surface area (Å²) in [6.07, 6.45) is 1.66. The largest absolute Gasteiger partial charge is 0.466 e. The summed E-state index contributed by atoms with van der Waals surface area (Å²) in [5, 5.41) is 36.6. The minimum Gasteiger partial charge on any atom is -0.466 e. The van der Waals surface area contributed by atoms with Crippen molar-refractivity contribution in [3.63, 3.8) is 0 Å². The average molecular weight is 292 g/mol. The van der Waals surface area contributed by atoms with Crippen molar-refractivity contribution in [2.45, 2.75) is 70.2 Å². The van der Waals surface area contributed by atoms with E-state index in [1.165, 1.54) is 19.3 Å². The van der Waals surface area contributed by atoms with E-state index < -0.39 is 37.3 Å². The van der Waals surface area contributed by atoms with Gasteiger partial charge in [0.25, 0.3) is 0 Å². The minimum atomic E-state index is -1.55. The maximum Gasteiger partial charge on any atom is 0.308 e. The van der Waals surface area contributed by atoms with E-state index in [1.807, 2.05) is 0 Å². The van der Waals surface area contributed by atoms with Crippen LogP contribution in [0.15, 0.2) is 0 Å². The van der Waals surface area contributed by atoms with Crippen LogP contribution in [-0.2, 0) is 9.53 Å². The number of aliphatic hydroxyl groups is 4. The first-order valence-corrected chi connectivity index (χ1v) is 7.33. The van der Waals surface area contributed by atoms with Gasteiger partial charge in [-0.05, 0) is 6.42 Å². The molecule has 0 aliphatic rings. The molecule has 6 heteroatoms. The summed E-state index contributed by atoms with van der Waals surface area (Å²) in [5.74, 6) is -0.616. The highest BCUT2D eigenvalue weighted by molar-refractivity contribution is 5.70. The molecule has 6 nitrogen and oxygen atoms in total. The van der Waals surface area contributed by atoms with Crippen molar-refractivity contribution in [2.75, 3.05) is 13.2 Å². The van der Waals surface area contributed by atoms with E-state index in [2.05, 4.69) is 6.92 Å². The van der Waals surface area contributed by atoms with E-state index in [9.17, 15) is 15.0 Å². The number of hydrogen-bond donors (Lipinski definition) is 4. The molecule has 0 aromatic rings. The Morgan fingerprint density at radius 3 is 2.20 bits per heavy atom. The number of hydrogen-bond acceptors (Lipinski definition) is 6. The van der Waals surface area contributed by atoms with Crippen LogP contribution in [0.5, 0.6) is 0 Å². The molecule has 0 heterocycles. The van der Waals surface area contributed by atoms with Crippen molar-refractivity contribution in [1.82, 2.24) is 0 Å². The Kier molecular flexibility index (Phi) is 11.7. The summed E-state index contributed by atoms with van der Waals surface area (Å²) in [6.45, 7) is 1.77. The molecule has 0 bridgehead atoms. The number of rotatable bonds is 12. The lowest BCUT2D eigenvalue weighted by atomic mass is 10.1. The second kappa shape index (κ2) is 12.1. The second-order valence-corrected chi connectivity index (χ2v) is 5.00. The Hall–Kier alpha value is -0.690. The van der Waals surface area contributed by atoms with Gasteiger partial charge < -0.3 is 25.2 Å². The number of carbonyl (C=O) groups is 1. The summed E-state index contributed by atoms with van der Waals surface area (Å²) in [7, 11) is 0. The molecule has 0 spiro atoms. The third-order valence-corrected chi connectivity index (χ3v) is 3.11. The molecular formula is C14H28O6. The quantitative estimate of drug-likeness (QED) is 0.305. The first-order chi connectivity index (χ1) is 9.52. The van der Waals surface area contributed by atoms with Crippen molar-refractivity contribution in [3.05, 3.63) is 0 Å². The molecule has 0 radical (unpaired) electrons. The fourth-order valence-corrected chi connectivity index (χ4v) is 1.78. The lowest BCUT2D eigenvalue weighted by Gasteiger charge is -2.20. The zero-order valence-corrected chi connectivity index (χ0v) is 12.2. The molecule has 0 aromatic carbocycles. The lowest BCUT2D eigenvalue weighted by molar-refractivity contribution is -0.150. The molecule has 0 aromatic heterocycles. The van der Waals surface area contributed by atoms with Crippen molar-refractivity contribution in [3.8, 4) is 0 Å². The van der Waals surface area contributed by atoms with Crippen LogP contribution >= 0.6 is 0 Å². The lowest BCUT2D eigenvalue weighted by Crippen LogP contribution is -2.40. The van der Waals surface area contributed by atoms with E-state index >= 15 is 0 Å². The van der Waals surface area contributed by atoms with E-state index in [0.29, 0.717) is 6.61 Å². The minimum absolute atomic E-state index is 0.302. The van der Waals surface area contributed by atoms with Gasteiger partial charge in [-0.3, -0.25) is 4.79 Å². The van der Waals surface area contributed by atoms with Crippen LogP contribution in [0.2, 0.25) is 0 Å². The SMILES string of the molecule is CCCCCCCCOC(=O)C[C@@H](O)[C@@H](O)[C@H](O)CO. The normalized spacial score (nSPS) is 15.7. The number of esters is 1. The molecule has 0 saturated heterocycles. The first-order valence-electron chi connectivity index (χ1n) is 7.33. The van der Waals surface area contributed by atoms with Gasteiger partial charge in [-0.15, -0.1) is 0 Å². The Labute approximate surface area is 120 Å². The molecule has 0 amide bonds. The van der Waals surface area contributed by atoms with Gasteiger partial charge in [-0.2, -0.15) is 0 Å². The van der Waals surface area contributed by atoms with Gasteiger partial charge in [0.1, 0.15) is 12.2 Å². The molecule has 4 N–H and O–H groups in total. The maximum atomic E-state index is 11.4. The molecule has 0 fully saturated rings. The van der Waals surface area contributed by atoms with Crippen LogP contribution < -0.4 is 0 Å². The highest BCUT2D eigenvalue weighted by atomic mass is 16.5. The highest BCUT2D eigenvalue weighted by Gasteiger charge is 2.26. The number of unbranched alkanes of at least 4 members (excludes halogenated alkanes) is 5. The highest BCUT2D eigenvalue weighted by Crippen LogP contribution is 2.07. The molecular weight excluding hydrogens is 264 g/mol. The summed E-state index contributed by atoms with van der Waals surface area (Å²) < 4.78 is 4.93. The summed E-state index contributed by atoms with van der Waals surface area (Å²) in [6, 6.07) is 0. The monoisotopic (exact) mass is 292 g/mol. The van der Waals surface area contributed by atoms with Crippen molar-refractivity contribution >= 4 is 5.97 Å². The molecule has 3 atom stereocenters. The van der Waals surface area contributed by atoms with Crippen LogP contribution in [0.25, 0.3) is 0 Å². The molecule has 0 unspecified atom stereocenters. The van der Waals surface area contributed by atoms with Crippen LogP contribution in [0.4, 0.5) is 0 Å². The predicted octanol–water partition coefficient (Wildman–Crippen LogP) is 0.355. The summed E-state index contributed by atoms with van der Waals surface area (Å²) in [4.78, 5) is 11.4. The molecule has 0 aliphatic carbocycles. The fourth-order valence-electron chi connectivity index (χ4n) is 1.78. The van der Waals surface area contributed by atoms with Crippen LogP contribution in [0.1, 0.15) is 51.9 Å². The van der Waals surface area contributed by atoms with Crippen LogP contribution in [0.3, 0.4) is 0 Å². The second-order valence-electron chi connectivity index (χ2n) is 5.00. The fraction of sp³-hybridized carbons (Fsp3) is 0.929. The number of ether oxygens (including phenoxy) is 1. The van der Waals surface area contributed by atoms with Crippen LogP contribution in [-0.4, -0.2) is 57.9 Å². The Bertz CT molecular complexity index is 246. The van der Waals surface area contributed by atoms with E-state index in [1.54, 1.807) is 0 Å². The molecule has 0 rings (SSSR count). The third-order valence-electron chi connectivity index (χ3n) is 3.11. The topological polar surface area (TPSA) is 107 Å². The molecule has 0 aliphatic heterocycles. The van der Waals surface area contributed by atoms with E-state index in [-0.39, 0.29) is 0 Å². The van der Waals surface area contributed by atoms with Gasteiger partial charge in [0.2, 0.25) is 0 Å². The smallest absolute Gasteiger partial charge is 0.308 e. The van der Waals surface area contributed by atoms with Crippen LogP contribution in [0, 0.1) is 0 Å². The van der Waals surface area contributed by atoms with Crippen molar-refractivity contribution in [1.29, 1.82) is 0 Å². The zero-order chi connectivity index (χ0) is 15.4. The Balaban J connectivity index is 3.62. The standard InChI is InChI=1S/C14H28O6/c1-2-3-4-5-6-7-8-20-13(18)9-11(16)14(19)12(17)10-15/h11-12,14-17,19H,2-10H2,1H3/t11-,12-,14-/m1/s1. The third kappa shape index (κ3) is 9.25. The maximum absolute atomic E-state index is 11.4. The summed E-state index contributed by atoms with van der Waals surface area (Å²) >= 11 is 0. The van der Waals surface area contributed by atoms with E-state index in [0.717, 1.165) is 19.3 Å². The van der Waals surface area contributed by atoms with Gasteiger partial charge in [-0.25, -0.2) is 0 Å². The van der Waals surface area contributed by atoms with Gasteiger partial charge in [-0.1, -0.05) is 39.0 Å². The number of aliphatic hydroxyl groups excluding tert-OH is 4. The van der Waals surface area contributed by atoms with Gasteiger partial charge in [0, 0.05) is 0 Å². The summed E-state index contributed by atoms with van der Waals surface area (Å²) in [5.41, 5.74) is 0.